The predicted molar refractivity (Wildman–Crippen MR) is 77.0 cm³/mol. The molecule has 2 aromatic rings. The van der Waals surface area contributed by atoms with Crippen LogP contribution in [0.3, 0.4) is 0 Å². The highest BCUT2D eigenvalue weighted by Gasteiger charge is 2.23. The predicted octanol–water partition coefficient (Wildman–Crippen LogP) is 1.05. The van der Waals surface area contributed by atoms with Gasteiger partial charge in [0.2, 0.25) is 0 Å². The van der Waals surface area contributed by atoms with Crippen molar-refractivity contribution >= 4 is 32.1 Å². The van der Waals surface area contributed by atoms with E-state index in [1.54, 1.807) is 6.20 Å². The van der Waals surface area contributed by atoms with Gasteiger partial charge in [-0.25, -0.2) is 8.42 Å². The van der Waals surface area contributed by atoms with Gasteiger partial charge in [-0.1, -0.05) is 0 Å². The minimum atomic E-state index is -2.87. The Kier molecular flexibility index (Phi) is 2.82. The molecule has 100 valence electrons. The van der Waals surface area contributed by atoms with Crippen molar-refractivity contribution in [3.63, 3.8) is 0 Å². The molecule has 0 spiro atoms. The van der Waals surface area contributed by atoms with Gasteiger partial charge >= 0.3 is 0 Å². The number of pyridine rings is 1. The van der Waals surface area contributed by atoms with Crippen LogP contribution in [0.1, 0.15) is 0 Å². The summed E-state index contributed by atoms with van der Waals surface area (Å²) < 4.78 is 22.9. The summed E-state index contributed by atoms with van der Waals surface area (Å²) >= 11 is 0. The minimum absolute atomic E-state index is 0.192. The lowest BCUT2D eigenvalue weighted by atomic mass is 10.1. The van der Waals surface area contributed by atoms with Gasteiger partial charge in [0.15, 0.2) is 9.84 Å². The van der Waals surface area contributed by atoms with Crippen molar-refractivity contribution in [2.75, 3.05) is 35.2 Å². The zero-order chi connectivity index (χ0) is 13.5. The molecule has 0 amide bonds. The molecule has 1 aromatic heterocycles. The Bertz CT molecular complexity index is 714. The third-order valence-corrected chi connectivity index (χ3v) is 5.10. The third kappa shape index (κ3) is 2.23. The average molecular weight is 277 g/mol. The molecule has 0 radical (unpaired) electrons. The zero-order valence-corrected chi connectivity index (χ0v) is 11.2. The lowest BCUT2D eigenvalue weighted by molar-refractivity contribution is 0.587. The summed E-state index contributed by atoms with van der Waals surface area (Å²) in [6.07, 6.45) is 1.73. The highest BCUT2D eigenvalue weighted by molar-refractivity contribution is 7.91. The summed E-state index contributed by atoms with van der Waals surface area (Å²) in [7, 11) is -2.87. The normalized spacial score (nSPS) is 18.6. The molecule has 0 aliphatic carbocycles. The highest BCUT2D eigenvalue weighted by atomic mass is 32.2. The number of benzene rings is 1. The second kappa shape index (κ2) is 4.38. The van der Waals surface area contributed by atoms with Crippen LogP contribution in [0.5, 0.6) is 0 Å². The van der Waals surface area contributed by atoms with Crippen molar-refractivity contribution in [1.82, 2.24) is 4.98 Å². The Labute approximate surface area is 112 Å². The summed E-state index contributed by atoms with van der Waals surface area (Å²) in [5, 5.41) is 0.911. The maximum absolute atomic E-state index is 11.5. The van der Waals surface area contributed by atoms with Crippen LogP contribution in [-0.2, 0) is 9.84 Å². The molecular formula is C13H15N3O2S. The van der Waals surface area contributed by atoms with Crippen LogP contribution in [0, 0.1) is 0 Å². The number of nitrogens with two attached hydrogens (primary N) is 1. The molecular weight excluding hydrogens is 262 g/mol. The molecule has 5 nitrogen and oxygen atoms in total. The molecule has 1 aliphatic rings. The number of anilines is 2. The van der Waals surface area contributed by atoms with Crippen molar-refractivity contribution in [2.45, 2.75) is 0 Å². The number of sulfone groups is 1. The van der Waals surface area contributed by atoms with Crippen LogP contribution in [-0.4, -0.2) is 38.0 Å². The van der Waals surface area contributed by atoms with Crippen LogP contribution < -0.4 is 10.6 Å². The van der Waals surface area contributed by atoms with E-state index < -0.39 is 9.84 Å². The van der Waals surface area contributed by atoms with E-state index in [0.29, 0.717) is 18.8 Å². The van der Waals surface area contributed by atoms with E-state index >= 15 is 0 Å². The smallest absolute Gasteiger partial charge is 0.153 e. The molecule has 0 atom stereocenters. The number of nitrogens with zero attached hydrogens (tertiary/aromatic N) is 2. The van der Waals surface area contributed by atoms with E-state index in [1.807, 2.05) is 29.2 Å². The molecule has 2 N–H and O–H groups in total. The molecule has 1 aliphatic heterocycles. The monoisotopic (exact) mass is 277 g/mol. The molecule has 19 heavy (non-hydrogen) atoms. The van der Waals surface area contributed by atoms with E-state index in [4.69, 9.17) is 5.73 Å². The van der Waals surface area contributed by atoms with E-state index in [2.05, 4.69) is 4.98 Å². The standard InChI is InChI=1S/C13H15N3O2S/c14-13-10-2-1-5-15-11(10)3-4-12(13)16-6-8-19(17,18)9-7-16/h1-5H,6-9,14H2. The summed E-state index contributed by atoms with van der Waals surface area (Å²) in [5.74, 6) is 0.384. The average Bonchev–Trinajstić information content (AvgIpc) is 2.40. The molecule has 3 rings (SSSR count). The molecule has 0 saturated carbocycles. The number of nitrogen functional groups attached to an aromatic ring is 1. The van der Waals surface area contributed by atoms with E-state index in [1.165, 1.54) is 0 Å². The fraction of sp³-hybridized carbons (Fsp3) is 0.308. The van der Waals surface area contributed by atoms with E-state index in [9.17, 15) is 8.42 Å². The van der Waals surface area contributed by atoms with E-state index in [-0.39, 0.29) is 11.5 Å². The second-order valence-electron chi connectivity index (χ2n) is 4.71. The van der Waals surface area contributed by atoms with Gasteiger partial charge in [0.1, 0.15) is 0 Å². The number of hydrogen-bond acceptors (Lipinski definition) is 5. The second-order valence-corrected chi connectivity index (χ2v) is 7.01. The van der Waals surface area contributed by atoms with Crippen molar-refractivity contribution < 1.29 is 8.42 Å². The Morgan fingerprint density at radius 2 is 1.89 bits per heavy atom. The quantitative estimate of drug-likeness (QED) is 0.789. The van der Waals surface area contributed by atoms with Crippen molar-refractivity contribution in [1.29, 1.82) is 0 Å². The Balaban J connectivity index is 2.00. The van der Waals surface area contributed by atoms with Gasteiger partial charge in [0.25, 0.3) is 0 Å². The van der Waals surface area contributed by atoms with Crippen LogP contribution >= 0.6 is 0 Å². The van der Waals surface area contributed by atoms with Gasteiger partial charge < -0.3 is 10.6 Å². The molecule has 0 bridgehead atoms. The fourth-order valence-corrected chi connectivity index (χ4v) is 3.59. The lowest BCUT2D eigenvalue weighted by Crippen LogP contribution is -2.40. The van der Waals surface area contributed by atoms with Gasteiger partial charge in [0, 0.05) is 24.7 Å². The molecule has 6 heteroatoms. The molecule has 1 aromatic carbocycles. The molecule has 1 saturated heterocycles. The maximum atomic E-state index is 11.5. The SMILES string of the molecule is Nc1c(N2CCS(=O)(=O)CC2)ccc2ncccc12. The molecule has 2 heterocycles. The van der Waals surface area contributed by atoms with Crippen LogP contribution in [0.4, 0.5) is 11.4 Å². The first-order chi connectivity index (χ1) is 9.07. The number of hydrogen-bond donors (Lipinski definition) is 1. The Morgan fingerprint density at radius 1 is 1.16 bits per heavy atom. The first kappa shape index (κ1) is 12.2. The fourth-order valence-electron chi connectivity index (χ4n) is 2.39. The van der Waals surface area contributed by atoms with Crippen LogP contribution in [0.2, 0.25) is 0 Å². The minimum Gasteiger partial charge on any atom is -0.396 e. The van der Waals surface area contributed by atoms with Gasteiger partial charge in [-0.3, -0.25) is 4.98 Å². The van der Waals surface area contributed by atoms with E-state index in [0.717, 1.165) is 16.6 Å². The maximum Gasteiger partial charge on any atom is 0.153 e. The first-order valence-electron chi connectivity index (χ1n) is 6.15. The van der Waals surface area contributed by atoms with Crippen LogP contribution in [0.15, 0.2) is 30.5 Å². The summed E-state index contributed by atoms with van der Waals surface area (Å²) in [6, 6.07) is 7.62. The number of fused-ring (bicyclic) bond motifs is 1. The van der Waals surface area contributed by atoms with Gasteiger partial charge in [-0.2, -0.15) is 0 Å². The molecule has 1 fully saturated rings. The van der Waals surface area contributed by atoms with Crippen LogP contribution in [0.25, 0.3) is 10.9 Å². The van der Waals surface area contributed by atoms with Gasteiger partial charge in [0.05, 0.1) is 28.4 Å². The third-order valence-electron chi connectivity index (χ3n) is 3.49. The zero-order valence-electron chi connectivity index (χ0n) is 10.4. The first-order valence-corrected chi connectivity index (χ1v) is 7.97. The Hall–Kier alpha value is -1.82. The van der Waals surface area contributed by atoms with Gasteiger partial charge in [-0.05, 0) is 24.3 Å². The largest absolute Gasteiger partial charge is 0.396 e. The van der Waals surface area contributed by atoms with Crippen molar-refractivity contribution in [3.8, 4) is 0 Å². The van der Waals surface area contributed by atoms with Gasteiger partial charge in [-0.15, -0.1) is 0 Å². The lowest BCUT2D eigenvalue weighted by Gasteiger charge is -2.30. The Morgan fingerprint density at radius 3 is 2.63 bits per heavy atom. The highest BCUT2D eigenvalue weighted by Crippen LogP contribution is 2.31. The summed E-state index contributed by atoms with van der Waals surface area (Å²) in [4.78, 5) is 6.29. The summed E-state index contributed by atoms with van der Waals surface area (Å²) in [6.45, 7) is 0.997. The topological polar surface area (TPSA) is 76.3 Å². The number of aromatic nitrogens is 1. The molecule has 0 unspecified atom stereocenters. The van der Waals surface area contributed by atoms with Crippen molar-refractivity contribution in [3.05, 3.63) is 30.5 Å². The van der Waals surface area contributed by atoms with Crippen molar-refractivity contribution in [2.24, 2.45) is 0 Å². The summed E-state index contributed by atoms with van der Waals surface area (Å²) in [5.41, 5.74) is 8.61. The number of rotatable bonds is 1.